The van der Waals surface area contributed by atoms with E-state index in [1.165, 1.54) is 40.7 Å². The summed E-state index contributed by atoms with van der Waals surface area (Å²) in [5, 5.41) is 2.41. The molecule has 0 saturated carbocycles. The van der Waals surface area contributed by atoms with Gasteiger partial charge in [-0.3, -0.25) is 9.78 Å². The van der Waals surface area contributed by atoms with Gasteiger partial charge in [-0.05, 0) is 60.9 Å². The molecule has 2 aromatic carbocycles. The van der Waals surface area contributed by atoms with Gasteiger partial charge in [0.15, 0.2) is 0 Å². The number of hydrogen-bond donors (Lipinski definition) is 1. The van der Waals surface area contributed by atoms with E-state index in [0.717, 1.165) is 30.5 Å². The van der Waals surface area contributed by atoms with Crippen molar-refractivity contribution in [2.75, 3.05) is 11.9 Å². The maximum atomic E-state index is 13.4. The first-order chi connectivity index (χ1) is 16.2. The van der Waals surface area contributed by atoms with E-state index in [2.05, 4.69) is 10.3 Å². The van der Waals surface area contributed by atoms with E-state index in [4.69, 9.17) is 0 Å². The third-order valence-electron chi connectivity index (χ3n) is 5.72. The molecule has 1 aliphatic rings. The number of pyridine rings is 1. The van der Waals surface area contributed by atoms with E-state index >= 15 is 0 Å². The lowest BCUT2D eigenvalue weighted by atomic mass is 9.99. The number of carbonyl (C=O) groups is 1. The van der Waals surface area contributed by atoms with Crippen LogP contribution in [0.5, 0.6) is 0 Å². The minimum Gasteiger partial charge on any atom is -0.322 e. The van der Waals surface area contributed by atoms with Gasteiger partial charge in [-0.1, -0.05) is 24.6 Å². The molecule has 2 heterocycles. The molecule has 1 aliphatic heterocycles. The largest absolute Gasteiger partial charge is 0.417 e. The first kappa shape index (κ1) is 23.9. The van der Waals surface area contributed by atoms with Crippen LogP contribution >= 0.6 is 0 Å². The zero-order valence-electron chi connectivity index (χ0n) is 18.0. The van der Waals surface area contributed by atoms with Gasteiger partial charge in [-0.2, -0.15) is 17.5 Å². The predicted octanol–water partition coefficient (Wildman–Crippen LogP) is 5.27. The number of carbonyl (C=O) groups excluding carboxylic acids is 1. The highest BCUT2D eigenvalue weighted by Crippen LogP contribution is 2.35. The fourth-order valence-corrected chi connectivity index (χ4v) is 5.75. The third kappa shape index (κ3) is 4.97. The highest BCUT2D eigenvalue weighted by Gasteiger charge is 2.36. The van der Waals surface area contributed by atoms with Crippen LogP contribution in [0.2, 0.25) is 0 Å². The molecular weight excluding hydrogens is 467 g/mol. The second-order valence-electron chi connectivity index (χ2n) is 7.94. The van der Waals surface area contributed by atoms with E-state index in [0.29, 0.717) is 13.0 Å². The summed E-state index contributed by atoms with van der Waals surface area (Å²) in [7, 11) is -3.84. The van der Waals surface area contributed by atoms with Gasteiger partial charge in [0.2, 0.25) is 10.0 Å². The highest BCUT2D eigenvalue weighted by atomic mass is 32.2. The van der Waals surface area contributed by atoms with Crippen LogP contribution in [0.4, 0.5) is 18.9 Å². The Morgan fingerprint density at radius 3 is 2.41 bits per heavy atom. The van der Waals surface area contributed by atoms with Crippen molar-refractivity contribution in [2.45, 2.75) is 36.4 Å². The Bertz CT molecular complexity index is 1260. The van der Waals surface area contributed by atoms with Crippen LogP contribution in [0.3, 0.4) is 0 Å². The Kier molecular flexibility index (Phi) is 6.72. The van der Waals surface area contributed by atoms with Crippen molar-refractivity contribution >= 4 is 21.6 Å². The fourth-order valence-electron chi connectivity index (χ4n) is 4.07. The summed E-state index contributed by atoms with van der Waals surface area (Å²) in [6.45, 7) is 0.370. The fraction of sp³-hybridized carbons (Fsp3) is 0.250. The van der Waals surface area contributed by atoms with Gasteiger partial charge >= 0.3 is 6.18 Å². The topological polar surface area (TPSA) is 79.4 Å². The van der Waals surface area contributed by atoms with Crippen molar-refractivity contribution < 1.29 is 26.4 Å². The number of benzene rings is 2. The SMILES string of the molecule is O=C(Nc1ccc(S(=O)(=O)N2CCCCC2c2cccnc2)cc1)c1ccccc1C(F)(F)F. The molecule has 0 aliphatic carbocycles. The Labute approximate surface area is 195 Å². The average molecular weight is 490 g/mol. The molecule has 1 amide bonds. The lowest BCUT2D eigenvalue weighted by molar-refractivity contribution is -0.137. The maximum Gasteiger partial charge on any atom is 0.417 e. The lowest BCUT2D eigenvalue weighted by Gasteiger charge is -2.34. The number of aromatic nitrogens is 1. The van der Waals surface area contributed by atoms with E-state index < -0.39 is 33.2 Å². The van der Waals surface area contributed by atoms with E-state index in [-0.39, 0.29) is 16.6 Å². The number of sulfonamides is 1. The van der Waals surface area contributed by atoms with Gasteiger partial charge < -0.3 is 5.32 Å². The Hall–Kier alpha value is -3.24. The molecule has 6 nitrogen and oxygen atoms in total. The molecule has 178 valence electrons. The predicted molar refractivity (Wildman–Crippen MR) is 121 cm³/mol. The molecule has 3 aromatic rings. The molecule has 1 saturated heterocycles. The monoisotopic (exact) mass is 489 g/mol. The standard InChI is InChI=1S/C24H22F3N3O3S/c25-24(26,27)21-8-2-1-7-20(21)23(31)29-18-10-12-19(13-11-18)34(32,33)30-15-4-3-9-22(30)17-6-5-14-28-16-17/h1-2,5-8,10-14,16,22H,3-4,9,15H2,(H,29,31). The molecule has 4 rings (SSSR count). The van der Waals surface area contributed by atoms with Gasteiger partial charge in [0, 0.05) is 24.6 Å². The number of nitrogens with one attached hydrogen (secondary N) is 1. The van der Waals surface area contributed by atoms with Crippen LogP contribution in [0, 0.1) is 0 Å². The molecule has 1 aromatic heterocycles. The zero-order valence-corrected chi connectivity index (χ0v) is 18.8. The molecule has 1 N–H and O–H groups in total. The quantitative estimate of drug-likeness (QED) is 0.530. The van der Waals surface area contributed by atoms with Gasteiger partial charge in [-0.15, -0.1) is 0 Å². The number of amides is 1. The minimum atomic E-state index is -4.68. The number of piperidine rings is 1. The molecule has 1 unspecified atom stereocenters. The first-order valence-electron chi connectivity index (χ1n) is 10.7. The van der Waals surface area contributed by atoms with Crippen molar-refractivity contribution in [2.24, 2.45) is 0 Å². The van der Waals surface area contributed by atoms with Crippen molar-refractivity contribution in [3.8, 4) is 0 Å². The van der Waals surface area contributed by atoms with E-state index in [1.807, 2.05) is 6.07 Å². The van der Waals surface area contributed by atoms with E-state index in [1.54, 1.807) is 18.5 Å². The Balaban J connectivity index is 1.55. The second-order valence-corrected chi connectivity index (χ2v) is 9.83. The Morgan fingerprint density at radius 1 is 1.00 bits per heavy atom. The van der Waals surface area contributed by atoms with Crippen LogP contribution in [-0.2, 0) is 16.2 Å². The molecule has 0 radical (unpaired) electrons. The lowest BCUT2D eigenvalue weighted by Crippen LogP contribution is -2.38. The summed E-state index contributed by atoms with van der Waals surface area (Å²) in [4.78, 5) is 16.6. The van der Waals surface area contributed by atoms with Crippen molar-refractivity contribution in [3.63, 3.8) is 0 Å². The van der Waals surface area contributed by atoms with Crippen molar-refractivity contribution in [1.29, 1.82) is 0 Å². The second kappa shape index (κ2) is 9.55. The first-order valence-corrected chi connectivity index (χ1v) is 12.1. The smallest absolute Gasteiger partial charge is 0.322 e. The molecule has 10 heteroatoms. The summed E-state index contributed by atoms with van der Waals surface area (Å²) >= 11 is 0. The minimum absolute atomic E-state index is 0.0389. The molecule has 0 bridgehead atoms. The van der Waals surface area contributed by atoms with Crippen LogP contribution in [0.15, 0.2) is 78.0 Å². The number of nitrogens with zero attached hydrogens (tertiary/aromatic N) is 2. The van der Waals surface area contributed by atoms with Gasteiger partial charge in [0.25, 0.3) is 5.91 Å². The third-order valence-corrected chi connectivity index (χ3v) is 7.64. The molecule has 34 heavy (non-hydrogen) atoms. The molecule has 1 fully saturated rings. The van der Waals surface area contributed by atoms with Crippen LogP contribution in [-0.4, -0.2) is 30.2 Å². The molecular formula is C24H22F3N3O3S. The maximum absolute atomic E-state index is 13.4. The van der Waals surface area contributed by atoms with Gasteiger partial charge in [0.1, 0.15) is 0 Å². The van der Waals surface area contributed by atoms with Crippen LogP contribution in [0.25, 0.3) is 0 Å². The van der Waals surface area contributed by atoms with Crippen LogP contribution < -0.4 is 5.32 Å². The summed E-state index contributed by atoms with van der Waals surface area (Å²) in [5.41, 5.74) is -0.557. The number of alkyl halides is 3. The van der Waals surface area contributed by atoms with Crippen molar-refractivity contribution in [3.05, 3.63) is 89.7 Å². The summed E-state index contributed by atoms with van der Waals surface area (Å²) in [5.74, 6) is -0.934. The van der Waals surface area contributed by atoms with Crippen LogP contribution in [0.1, 0.15) is 46.8 Å². The van der Waals surface area contributed by atoms with Crippen molar-refractivity contribution in [1.82, 2.24) is 9.29 Å². The van der Waals surface area contributed by atoms with Gasteiger partial charge in [0.05, 0.1) is 22.1 Å². The summed E-state index contributed by atoms with van der Waals surface area (Å²) < 4.78 is 67.8. The number of hydrogen-bond acceptors (Lipinski definition) is 4. The number of anilines is 1. The molecule has 1 atom stereocenters. The highest BCUT2D eigenvalue weighted by molar-refractivity contribution is 7.89. The van der Waals surface area contributed by atoms with Gasteiger partial charge in [-0.25, -0.2) is 8.42 Å². The summed E-state index contributed by atoms with van der Waals surface area (Å²) in [6.07, 6.45) is 0.933. The summed E-state index contributed by atoms with van der Waals surface area (Å²) in [6, 6.07) is 13.2. The van der Waals surface area contributed by atoms with E-state index in [9.17, 15) is 26.4 Å². The molecule has 0 spiro atoms. The Morgan fingerprint density at radius 2 is 1.74 bits per heavy atom. The normalized spacial score (nSPS) is 17.3. The number of halogens is 3. The zero-order chi connectivity index (χ0) is 24.3. The average Bonchev–Trinajstić information content (AvgIpc) is 2.84. The number of rotatable bonds is 5.